The standard InChI is InChI=1S/C32H48N2/c1-8-11-27(6)32(24(2)3)28(7)34-21-18-25(4)22-30-14-9-12-29(16-17-30)13-10-15-31-23-33-20-19-26(31)5/h8,11,19-20,22-23,25,29,34H,1,7,9-10,12-18,21H2,2-6H3/b27-11-,30-22+. The van der Waals surface area contributed by atoms with E-state index in [-0.39, 0.29) is 0 Å². The summed E-state index contributed by atoms with van der Waals surface area (Å²) in [6, 6.07) is 2.13. The van der Waals surface area contributed by atoms with E-state index in [0.717, 1.165) is 24.6 Å². The molecule has 2 unspecified atom stereocenters. The summed E-state index contributed by atoms with van der Waals surface area (Å²) in [5.41, 5.74) is 9.23. The molecule has 34 heavy (non-hydrogen) atoms. The number of hydrogen-bond acceptors (Lipinski definition) is 2. The molecule has 2 rings (SSSR count). The van der Waals surface area contributed by atoms with Gasteiger partial charge in [-0.2, -0.15) is 0 Å². The first-order chi connectivity index (χ1) is 16.3. The summed E-state index contributed by atoms with van der Waals surface area (Å²) >= 11 is 0. The molecule has 0 radical (unpaired) electrons. The zero-order chi connectivity index (χ0) is 24.9. The fourth-order valence-electron chi connectivity index (χ4n) is 5.29. The maximum absolute atomic E-state index is 4.30. The van der Waals surface area contributed by atoms with Crippen molar-refractivity contribution in [3.63, 3.8) is 0 Å². The first kappa shape index (κ1) is 27.9. The molecule has 2 heteroatoms. The maximum atomic E-state index is 4.30. The predicted molar refractivity (Wildman–Crippen MR) is 150 cm³/mol. The van der Waals surface area contributed by atoms with Crippen LogP contribution in [-0.4, -0.2) is 11.5 Å². The molecule has 1 N–H and O–H groups in total. The topological polar surface area (TPSA) is 24.9 Å². The molecule has 0 spiro atoms. The fourth-order valence-corrected chi connectivity index (χ4v) is 5.29. The Hall–Kier alpha value is -2.35. The van der Waals surface area contributed by atoms with Gasteiger partial charge >= 0.3 is 0 Å². The molecule has 2 nitrogen and oxygen atoms in total. The van der Waals surface area contributed by atoms with Crippen LogP contribution in [0, 0.1) is 18.8 Å². The SMILES string of the molecule is C=C/C=C(/C)C(C(=C)NCCC(C)/C=C1\CCCC(CCCc2cnccc2C)CC1)=C(C)C. The highest BCUT2D eigenvalue weighted by Gasteiger charge is 2.15. The average molecular weight is 461 g/mol. The third-order valence-electron chi connectivity index (χ3n) is 7.21. The van der Waals surface area contributed by atoms with Gasteiger partial charge in [-0.15, -0.1) is 0 Å². The lowest BCUT2D eigenvalue weighted by atomic mass is 9.92. The summed E-state index contributed by atoms with van der Waals surface area (Å²) in [7, 11) is 0. The van der Waals surface area contributed by atoms with Crippen molar-refractivity contribution >= 4 is 0 Å². The van der Waals surface area contributed by atoms with E-state index in [1.807, 2.05) is 12.3 Å². The Bertz CT molecular complexity index is 895. The number of nitrogens with one attached hydrogen (secondary N) is 1. The van der Waals surface area contributed by atoms with Gasteiger partial charge in [0.25, 0.3) is 0 Å². The van der Waals surface area contributed by atoms with Gasteiger partial charge in [-0.05, 0) is 113 Å². The van der Waals surface area contributed by atoms with Gasteiger partial charge in [0.2, 0.25) is 0 Å². The number of allylic oxidation sites excluding steroid dienone is 6. The van der Waals surface area contributed by atoms with Gasteiger partial charge < -0.3 is 5.32 Å². The molecule has 0 amide bonds. The van der Waals surface area contributed by atoms with Crippen molar-refractivity contribution in [2.45, 2.75) is 92.4 Å². The van der Waals surface area contributed by atoms with E-state index in [4.69, 9.17) is 0 Å². The Morgan fingerprint density at radius 2 is 2.03 bits per heavy atom. The number of aryl methyl sites for hydroxylation is 2. The molecule has 1 aromatic heterocycles. The highest BCUT2D eigenvalue weighted by atomic mass is 14.9. The Morgan fingerprint density at radius 1 is 1.24 bits per heavy atom. The van der Waals surface area contributed by atoms with Gasteiger partial charge in [-0.1, -0.05) is 62.3 Å². The third-order valence-corrected chi connectivity index (χ3v) is 7.21. The fraction of sp³-hybridized carbons (Fsp3) is 0.531. The molecular weight excluding hydrogens is 412 g/mol. The van der Waals surface area contributed by atoms with Crippen molar-refractivity contribution in [3.05, 3.63) is 89.0 Å². The van der Waals surface area contributed by atoms with Crippen LogP contribution in [0.15, 0.2) is 77.8 Å². The molecule has 0 aliphatic heterocycles. The molecule has 1 fully saturated rings. The van der Waals surface area contributed by atoms with Crippen LogP contribution in [0.1, 0.15) is 90.2 Å². The van der Waals surface area contributed by atoms with Crippen molar-refractivity contribution in [1.82, 2.24) is 10.3 Å². The molecule has 1 saturated carbocycles. The molecule has 1 aliphatic rings. The van der Waals surface area contributed by atoms with Crippen LogP contribution >= 0.6 is 0 Å². The summed E-state index contributed by atoms with van der Waals surface area (Å²) in [4.78, 5) is 4.30. The largest absolute Gasteiger partial charge is 0.385 e. The van der Waals surface area contributed by atoms with E-state index in [9.17, 15) is 0 Å². The van der Waals surface area contributed by atoms with Crippen LogP contribution in [0.5, 0.6) is 0 Å². The minimum Gasteiger partial charge on any atom is -0.385 e. The minimum atomic E-state index is 0.598. The van der Waals surface area contributed by atoms with E-state index >= 15 is 0 Å². The summed E-state index contributed by atoms with van der Waals surface area (Å²) in [6.07, 6.45) is 22.0. The Labute approximate surface area is 210 Å². The minimum absolute atomic E-state index is 0.598. The zero-order valence-corrected chi connectivity index (χ0v) is 22.6. The maximum Gasteiger partial charge on any atom is 0.0342 e. The summed E-state index contributed by atoms with van der Waals surface area (Å²) in [5, 5.41) is 3.57. The Kier molecular flexibility index (Phi) is 12.2. The predicted octanol–water partition coefficient (Wildman–Crippen LogP) is 8.82. The van der Waals surface area contributed by atoms with Gasteiger partial charge in [0.05, 0.1) is 0 Å². The van der Waals surface area contributed by atoms with Crippen molar-refractivity contribution < 1.29 is 0 Å². The number of rotatable bonds is 12. The second kappa shape index (κ2) is 14.8. The summed E-state index contributed by atoms with van der Waals surface area (Å²) in [5.74, 6) is 1.48. The summed E-state index contributed by atoms with van der Waals surface area (Å²) in [6.45, 7) is 20.1. The van der Waals surface area contributed by atoms with Crippen molar-refractivity contribution in [2.24, 2.45) is 11.8 Å². The summed E-state index contributed by atoms with van der Waals surface area (Å²) < 4.78 is 0. The normalized spacial score (nSPS) is 18.8. The first-order valence-electron chi connectivity index (χ1n) is 13.3. The molecule has 1 aromatic rings. The van der Waals surface area contributed by atoms with E-state index in [1.165, 1.54) is 79.2 Å². The van der Waals surface area contributed by atoms with Gasteiger partial charge in [0, 0.05) is 24.6 Å². The van der Waals surface area contributed by atoms with E-state index in [1.54, 1.807) is 5.57 Å². The van der Waals surface area contributed by atoms with Crippen LogP contribution in [0.25, 0.3) is 0 Å². The van der Waals surface area contributed by atoms with Gasteiger partial charge in [0.1, 0.15) is 0 Å². The van der Waals surface area contributed by atoms with Gasteiger partial charge in [0.15, 0.2) is 0 Å². The molecule has 1 aliphatic carbocycles. The van der Waals surface area contributed by atoms with Gasteiger partial charge in [-0.25, -0.2) is 0 Å². The lowest BCUT2D eigenvalue weighted by Crippen LogP contribution is -2.18. The van der Waals surface area contributed by atoms with Crippen molar-refractivity contribution in [1.29, 1.82) is 0 Å². The first-order valence-corrected chi connectivity index (χ1v) is 13.3. The Morgan fingerprint density at radius 3 is 2.74 bits per heavy atom. The van der Waals surface area contributed by atoms with E-state index < -0.39 is 0 Å². The van der Waals surface area contributed by atoms with Crippen LogP contribution < -0.4 is 5.32 Å². The number of pyridine rings is 1. The number of nitrogens with zero attached hydrogens (tertiary/aromatic N) is 1. The average Bonchev–Trinajstić information content (AvgIpc) is 3.00. The monoisotopic (exact) mass is 460 g/mol. The van der Waals surface area contributed by atoms with Crippen molar-refractivity contribution in [2.75, 3.05) is 6.54 Å². The second-order valence-corrected chi connectivity index (χ2v) is 10.4. The molecule has 2 atom stereocenters. The van der Waals surface area contributed by atoms with E-state index in [0.29, 0.717) is 5.92 Å². The third kappa shape index (κ3) is 9.49. The zero-order valence-electron chi connectivity index (χ0n) is 22.6. The highest BCUT2D eigenvalue weighted by molar-refractivity contribution is 5.47. The Balaban J connectivity index is 1.76. The van der Waals surface area contributed by atoms with Gasteiger partial charge in [-0.3, -0.25) is 4.98 Å². The molecule has 1 heterocycles. The second-order valence-electron chi connectivity index (χ2n) is 10.4. The van der Waals surface area contributed by atoms with E-state index in [2.05, 4.69) is 82.5 Å². The number of hydrogen-bond donors (Lipinski definition) is 1. The molecule has 0 bridgehead atoms. The van der Waals surface area contributed by atoms with Crippen LogP contribution in [0.2, 0.25) is 0 Å². The van der Waals surface area contributed by atoms with Crippen LogP contribution in [-0.2, 0) is 6.42 Å². The lowest BCUT2D eigenvalue weighted by Gasteiger charge is -2.17. The molecule has 0 aromatic carbocycles. The highest BCUT2D eigenvalue weighted by Crippen LogP contribution is 2.31. The molecule has 0 saturated heterocycles. The lowest BCUT2D eigenvalue weighted by molar-refractivity contribution is 0.417. The quantitative estimate of drug-likeness (QED) is 0.191. The smallest absolute Gasteiger partial charge is 0.0342 e. The number of aromatic nitrogens is 1. The van der Waals surface area contributed by atoms with Crippen molar-refractivity contribution in [3.8, 4) is 0 Å². The molecular formula is C32H48N2. The van der Waals surface area contributed by atoms with Crippen LogP contribution in [0.4, 0.5) is 0 Å². The molecule has 186 valence electrons. The van der Waals surface area contributed by atoms with Crippen LogP contribution in [0.3, 0.4) is 0 Å².